The lowest BCUT2D eigenvalue weighted by atomic mass is 10.1. The minimum absolute atomic E-state index is 0.250. The van der Waals surface area contributed by atoms with E-state index >= 15 is 0 Å². The van der Waals surface area contributed by atoms with Crippen molar-refractivity contribution in [3.05, 3.63) is 72.7 Å². The van der Waals surface area contributed by atoms with Gasteiger partial charge < -0.3 is 14.4 Å². The van der Waals surface area contributed by atoms with Crippen LogP contribution in [0.5, 0.6) is 0 Å². The molecule has 2 aromatic heterocycles. The number of aromatic nitrogens is 3. The van der Waals surface area contributed by atoms with E-state index in [-0.39, 0.29) is 5.91 Å². The molecule has 0 aliphatic carbocycles. The number of nitrogens with zero attached hydrogens (tertiary/aromatic N) is 5. The van der Waals surface area contributed by atoms with Gasteiger partial charge in [-0.25, -0.2) is 9.97 Å². The number of anilines is 1. The molecule has 0 atom stereocenters. The number of piperazine rings is 1. The predicted octanol–water partition coefficient (Wildman–Crippen LogP) is 4.84. The number of rotatable bonds is 5. The Labute approximate surface area is 194 Å². The average molecular weight is 440 g/mol. The summed E-state index contributed by atoms with van der Waals surface area (Å²) < 4.78 is 2.16. The van der Waals surface area contributed by atoms with E-state index in [0.29, 0.717) is 6.42 Å². The lowest BCUT2D eigenvalue weighted by Gasteiger charge is -2.35. The van der Waals surface area contributed by atoms with Gasteiger partial charge in [-0.05, 0) is 31.0 Å². The zero-order chi connectivity index (χ0) is 22.8. The zero-order valence-corrected chi connectivity index (χ0v) is 19.2. The van der Waals surface area contributed by atoms with E-state index in [0.717, 1.165) is 66.3 Å². The van der Waals surface area contributed by atoms with E-state index in [1.165, 1.54) is 5.56 Å². The van der Waals surface area contributed by atoms with Crippen molar-refractivity contribution in [2.24, 2.45) is 0 Å². The molecule has 1 fully saturated rings. The largest absolute Gasteiger partial charge is 0.352 e. The molecule has 0 saturated carbocycles. The molecule has 4 aromatic rings. The van der Waals surface area contributed by atoms with E-state index in [1.54, 1.807) is 6.33 Å². The van der Waals surface area contributed by atoms with Crippen LogP contribution >= 0.6 is 0 Å². The van der Waals surface area contributed by atoms with Gasteiger partial charge in [0.2, 0.25) is 5.91 Å². The molecule has 0 bridgehead atoms. The van der Waals surface area contributed by atoms with E-state index in [2.05, 4.69) is 78.0 Å². The number of benzene rings is 2. The van der Waals surface area contributed by atoms with Gasteiger partial charge in [-0.2, -0.15) is 0 Å². The molecule has 6 heteroatoms. The summed E-state index contributed by atoms with van der Waals surface area (Å²) >= 11 is 0. The van der Waals surface area contributed by atoms with Crippen molar-refractivity contribution in [2.45, 2.75) is 26.7 Å². The highest BCUT2D eigenvalue weighted by Crippen LogP contribution is 2.37. The Morgan fingerprint density at radius 1 is 0.939 bits per heavy atom. The van der Waals surface area contributed by atoms with Gasteiger partial charge in [0.15, 0.2) is 5.65 Å². The van der Waals surface area contributed by atoms with Gasteiger partial charge in [0.05, 0.1) is 5.39 Å². The van der Waals surface area contributed by atoms with E-state index < -0.39 is 0 Å². The Kier molecular flexibility index (Phi) is 5.82. The maximum atomic E-state index is 12.4. The van der Waals surface area contributed by atoms with Crippen molar-refractivity contribution in [1.82, 2.24) is 19.4 Å². The molecular weight excluding hydrogens is 410 g/mol. The van der Waals surface area contributed by atoms with Crippen molar-refractivity contribution in [2.75, 3.05) is 31.1 Å². The van der Waals surface area contributed by atoms with Crippen molar-refractivity contribution in [3.63, 3.8) is 0 Å². The molecule has 3 heterocycles. The minimum atomic E-state index is 0.250. The molecule has 2 aromatic carbocycles. The smallest absolute Gasteiger partial charge is 0.222 e. The van der Waals surface area contributed by atoms with Crippen LogP contribution in [0, 0.1) is 6.92 Å². The quantitative estimate of drug-likeness (QED) is 0.446. The molecule has 1 amide bonds. The van der Waals surface area contributed by atoms with Gasteiger partial charge in [0, 0.05) is 50.0 Å². The standard InChI is InChI=1S/C27H29N5O/c1-3-7-24(33)30-14-16-31(17-15-30)26-25-23(21-8-5-4-6-9-21)18-32(27(25)29-19-28-26)22-12-10-20(2)11-13-22/h4-6,8-13,18-19H,3,7,14-17H2,1-2H3. The summed E-state index contributed by atoms with van der Waals surface area (Å²) in [5.41, 5.74) is 5.45. The summed E-state index contributed by atoms with van der Waals surface area (Å²) in [4.78, 5) is 26.1. The molecule has 0 spiro atoms. The van der Waals surface area contributed by atoms with Gasteiger partial charge in [-0.15, -0.1) is 0 Å². The van der Waals surface area contributed by atoms with Crippen molar-refractivity contribution < 1.29 is 4.79 Å². The van der Waals surface area contributed by atoms with E-state index in [1.807, 2.05) is 11.0 Å². The van der Waals surface area contributed by atoms with Crippen molar-refractivity contribution in [1.29, 1.82) is 0 Å². The summed E-state index contributed by atoms with van der Waals surface area (Å²) in [5.74, 6) is 1.19. The molecule has 5 rings (SSSR count). The fourth-order valence-electron chi connectivity index (χ4n) is 4.56. The first-order valence-electron chi connectivity index (χ1n) is 11.7. The maximum Gasteiger partial charge on any atom is 0.222 e. The molecule has 0 unspecified atom stereocenters. The Bertz CT molecular complexity index is 1260. The molecule has 1 aliphatic rings. The van der Waals surface area contributed by atoms with Gasteiger partial charge in [0.25, 0.3) is 0 Å². The lowest BCUT2D eigenvalue weighted by molar-refractivity contribution is -0.131. The third-order valence-corrected chi connectivity index (χ3v) is 6.36. The van der Waals surface area contributed by atoms with Crippen LogP contribution in [0.3, 0.4) is 0 Å². The van der Waals surface area contributed by atoms with Gasteiger partial charge in [-0.3, -0.25) is 4.79 Å². The molecule has 33 heavy (non-hydrogen) atoms. The van der Waals surface area contributed by atoms with E-state index in [9.17, 15) is 4.79 Å². The van der Waals surface area contributed by atoms with Gasteiger partial charge in [-0.1, -0.05) is 55.0 Å². The van der Waals surface area contributed by atoms with Crippen LogP contribution in [0.1, 0.15) is 25.3 Å². The number of carbonyl (C=O) groups is 1. The third kappa shape index (κ3) is 4.09. The number of hydrogen-bond donors (Lipinski definition) is 0. The lowest BCUT2D eigenvalue weighted by Crippen LogP contribution is -2.49. The van der Waals surface area contributed by atoms with Crippen LogP contribution in [-0.4, -0.2) is 51.5 Å². The zero-order valence-electron chi connectivity index (χ0n) is 19.2. The van der Waals surface area contributed by atoms with Gasteiger partial charge >= 0.3 is 0 Å². The Morgan fingerprint density at radius 3 is 2.36 bits per heavy atom. The summed E-state index contributed by atoms with van der Waals surface area (Å²) in [5, 5.41) is 1.05. The number of aryl methyl sites for hydroxylation is 1. The first-order valence-corrected chi connectivity index (χ1v) is 11.7. The normalized spacial score (nSPS) is 14.1. The Hall–Kier alpha value is -3.67. The molecule has 6 nitrogen and oxygen atoms in total. The van der Waals surface area contributed by atoms with Crippen LogP contribution < -0.4 is 4.90 Å². The second-order valence-electron chi connectivity index (χ2n) is 8.63. The van der Waals surface area contributed by atoms with E-state index in [4.69, 9.17) is 9.97 Å². The highest BCUT2D eigenvalue weighted by molar-refractivity contribution is 6.02. The fourth-order valence-corrected chi connectivity index (χ4v) is 4.56. The minimum Gasteiger partial charge on any atom is -0.352 e. The second-order valence-corrected chi connectivity index (χ2v) is 8.63. The molecule has 0 N–H and O–H groups in total. The number of fused-ring (bicyclic) bond motifs is 1. The average Bonchev–Trinajstić information content (AvgIpc) is 3.25. The summed E-state index contributed by atoms with van der Waals surface area (Å²) in [6.45, 7) is 7.14. The highest BCUT2D eigenvalue weighted by Gasteiger charge is 2.25. The molecule has 1 saturated heterocycles. The van der Waals surface area contributed by atoms with Crippen molar-refractivity contribution >= 4 is 22.8 Å². The number of amides is 1. The van der Waals surface area contributed by atoms with Crippen molar-refractivity contribution in [3.8, 4) is 16.8 Å². The summed E-state index contributed by atoms with van der Waals surface area (Å²) in [6.07, 6.45) is 5.34. The molecular formula is C27H29N5O. The number of carbonyl (C=O) groups excluding carboxylic acids is 1. The Morgan fingerprint density at radius 2 is 1.67 bits per heavy atom. The fraction of sp³-hybridized carbons (Fsp3) is 0.296. The SMILES string of the molecule is CCCC(=O)N1CCN(c2ncnc3c2c(-c2ccccc2)cn3-c2ccc(C)cc2)CC1. The highest BCUT2D eigenvalue weighted by atomic mass is 16.2. The summed E-state index contributed by atoms with van der Waals surface area (Å²) in [7, 11) is 0. The number of hydrogen-bond acceptors (Lipinski definition) is 4. The van der Waals surface area contributed by atoms with Gasteiger partial charge in [0.1, 0.15) is 12.1 Å². The molecule has 0 radical (unpaired) electrons. The van der Waals surface area contributed by atoms with Crippen LogP contribution in [0.4, 0.5) is 5.82 Å². The maximum absolute atomic E-state index is 12.4. The third-order valence-electron chi connectivity index (χ3n) is 6.36. The van der Waals surface area contributed by atoms with Crippen LogP contribution in [0.2, 0.25) is 0 Å². The summed E-state index contributed by atoms with van der Waals surface area (Å²) in [6, 6.07) is 18.9. The topological polar surface area (TPSA) is 54.3 Å². The molecule has 168 valence electrons. The van der Waals surface area contributed by atoms with Crippen LogP contribution in [0.15, 0.2) is 67.1 Å². The monoisotopic (exact) mass is 439 g/mol. The van der Waals surface area contributed by atoms with Crippen LogP contribution in [0.25, 0.3) is 27.8 Å². The first kappa shape index (κ1) is 21.2. The molecule has 1 aliphatic heterocycles. The second kappa shape index (κ2) is 9.06. The Balaban J connectivity index is 1.59. The predicted molar refractivity (Wildman–Crippen MR) is 133 cm³/mol. The van der Waals surface area contributed by atoms with Crippen LogP contribution in [-0.2, 0) is 4.79 Å². The first-order chi connectivity index (χ1) is 16.2.